The Morgan fingerprint density at radius 2 is 1.85 bits per heavy atom. The first kappa shape index (κ1) is 13.2. The minimum Gasteiger partial charge on any atom is -0.326 e. The van der Waals surface area contributed by atoms with E-state index in [1.807, 2.05) is 0 Å². The van der Waals surface area contributed by atoms with Crippen molar-refractivity contribution < 1.29 is 13.2 Å². The molecule has 0 saturated heterocycles. The van der Waals surface area contributed by atoms with Gasteiger partial charge in [-0.15, -0.1) is 0 Å². The van der Waals surface area contributed by atoms with Gasteiger partial charge in [0.05, 0.1) is 23.1 Å². The fourth-order valence-electron chi connectivity index (χ4n) is 2.34. The van der Waals surface area contributed by atoms with Crippen molar-refractivity contribution in [3.05, 3.63) is 47.3 Å². The van der Waals surface area contributed by atoms with Crippen LogP contribution >= 0.6 is 0 Å². The van der Waals surface area contributed by atoms with Crippen LogP contribution in [0.3, 0.4) is 0 Å². The Morgan fingerprint density at radius 1 is 1.20 bits per heavy atom. The Morgan fingerprint density at radius 3 is 2.35 bits per heavy atom. The molecule has 0 radical (unpaired) electrons. The minimum absolute atomic E-state index is 0.395. The van der Waals surface area contributed by atoms with Gasteiger partial charge in [-0.1, -0.05) is 0 Å². The van der Waals surface area contributed by atoms with Crippen molar-refractivity contribution >= 4 is 0 Å². The molecule has 6 heteroatoms. The van der Waals surface area contributed by atoms with Gasteiger partial charge in [0.1, 0.15) is 0 Å². The summed E-state index contributed by atoms with van der Waals surface area (Å²) in [6.45, 7) is 0.395. The molecule has 2 aromatic rings. The summed E-state index contributed by atoms with van der Waals surface area (Å²) >= 11 is 0. The van der Waals surface area contributed by atoms with Crippen LogP contribution in [0.5, 0.6) is 0 Å². The van der Waals surface area contributed by atoms with Crippen molar-refractivity contribution in [3.8, 4) is 5.69 Å². The van der Waals surface area contributed by atoms with Crippen LogP contribution in [0.4, 0.5) is 13.2 Å². The van der Waals surface area contributed by atoms with E-state index in [4.69, 9.17) is 5.73 Å². The molecule has 0 unspecified atom stereocenters. The SMILES string of the molecule is NCc1cnn(-c2ccc(C(F)(F)F)cc2)c1C1CC1. The molecule has 1 aromatic carbocycles. The Labute approximate surface area is 114 Å². The third-order valence-electron chi connectivity index (χ3n) is 3.51. The van der Waals surface area contributed by atoms with E-state index >= 15 is 0 Å². The monoisotopic (exact) mass is 281 g/mol. The third-order valence-corrected chi connectivity index (χ3v) is 3.51. The fraction of sp³-hybridized carbons (Fsp3) is 0.357. The molecule has 0 bridgehead atoms. The van der Waals surface area contributed by atoms with E-state index in [-0.39, 0.29) is 0 Å². The Balaban J connectivity index is 1.99. The van der Waals surface area contributed by atoms with Gasteiger partial charge < -0.3 is 5.73 Å². The summed E-state index contributed by atoms with van der Waals surface area (Å²) in [5.41, 5.74) is 7.67. The number of rotatable bonds is 3. The quantitative estimate of drug-likeness (QED) is 0.938. The van der Waals surface area contributed by atoms with Crippen LogP contribution in [-0.4, -0.2) is 9.78 Å². The van der Waals surface area contributed by atoms with Gasteiger partial charge in [-0.05, 0) is 37.1 Å². The topological polar surface area (TPSA) is 43.8 Å². The van der Waals surface area contributed by atoms with Gasteiger partial charge in [0, 0.05) is 18.0 Å². The summed E-state index contributed by atoms with van der Waals surface area (Å²) in [5.74, 6) is 0.429. The first-order chi connectivity index (χ1) is 9.50. The lowest BCUT2D eigenvalue weighted by Crippen LogP contribution is -2.07. The number of hydrogen-bond donors (Lipinski definition) is 1. The van der Waals surface area contributed by atoms with Gasteiger partial charge in [0.15, 0.2) is 0 Å². The molecule has 0 atom stereocenters. The van der Waals surface area contributed by atoms with Crippen LogP contribution in [-0.2, 0) is 12.7 Å². The second kappa shape index (κ2) is 4.63. The fourth-order valence-corrected chi connectivity index (χ4v) is 2.34. The Hall–Kier alpha value is -1.82. The van der Waals surface area contributed by atoms with E-state index in [0.717, 1.165) is 36.2 Å². The largest absolute Gasteiger partial charge is 0.416 e. The van der Waals surface area contributed by atoms with Gasteiger partial charge in [-0.2, -0.15) is 18.3 Å². The van der Waals surface area contributed by atoms with Gasteiger partial charge in [0.25, 0.3) is 0 Å². The molecular formula is C14H14F3N3. The molecule has 1 aromatic heterocycles. The van der Waals surface area contributed by atoms with Crippen molar-refractivity contribution in [2.75, 3.05) is 0 Å². The summed E-state index contributed by atoms with van der Waals surface area (Å²) in [6.07, 6.45) is -0.450. The number of halogens is 3. The average molecular weight is 281 g/mol. The maximum atomic E-state index is 12.6. The van der Waals surface area contributed by atoms with Gasteiger partial charge >= 0.3 is 6.18 Å². The van der Waals surface area contributed by atoms with Crippen LogP contribution in [0.1, 0.15) is 35.6 Å². The van der Waals surface area contributed by atoms with Crippen LogP contribution in [0.2, 0.25) is 0 Å². The van der Waals surface area contributed by atoms with E-state index < -0.39 is 11.7 Å². The number of aromatic nitrogens is 2. The lowest BCUT2D eigenvalue weighted by Gasteiger charge is -2.10. The molecule has 2 N–H and O–H groups in total. The number of nitrogens with two attached hydrogens (primary N) is 1. The third kappa shape index (κ3) is 2.31. The van der Waals surface area contributed by atoms with Crippen molar-refractivity contribution in [2.45, 2.75) is 31.5 Å². The molecule has 0 aliphatic heterocycles. The van der Waals surface area contributed by atoms with Crippen LogP contribution < -0.4 is 5.73 Å². The highest BCUT2D eigenvalue weighted by Crippen LogP contribution is 2.42. The molecule has 0 spiro atoms. The van der Waals surface area contributed by atoms with Crippen molar-refractivity contribution in [1.82, 2.24) is 9.78 Å². The highest BCUT2D eigenvalue weighted by atomic mass is 19.4. The van der Waals surface area contributed by atoms with Gasteiger partial charge in [-0.3, -0.25) is 0 Å². The van der Waals surface area contributed by atoms with Gasteiger partial charge in [-0.25, -0.2) is 4.68 Å². The highest BCUT2D eigenvalue weighted by molar-refractivity contribution is 5.40. The first-order valence-corrected chi connectivity index (χ1v) is 6.45. The molecule has 3 nitrogen and oxygen atoms in total. The lowest BCUT2D eigenvalue weighted by atomic mass is 10.1. The second-order valence-electron chi connectivity index (χ2n) is 4.99. The molecule has 1 heterocycles. The smallest absolute Gasteiger partial charge is 0.326 e. The van der Waals surface area contributed by atoms with E-state index in [2.05, 4.69) is 5.10 Å². The molecule has 1 aliphatic carbocycles. The Bertz CT molecular complexity index is 610. The standard InChI is InChI=1S/C14H14F3N3/c15-14(16,17)11-3-5-12(6-4-11)20-13(9-1-2-9)10(7-18)8-19-20/h3-6,8-9H,1-2,7,18H2. The van der Waals surface area contributed by atoms with E-state index in [1.165, 1.54) is 12.1 Å². The van der Waals surface area contributed by atoms with Crippen molar-refractivity contribution in [1.29, 1.82) is 0 Å². The predicted octanol–water partition coefficient (Wildman–Crippen LogP) is 3.23. The first-order valence-electron chi connectivity index (χ1n) is 6.45. The van der Waals surface area contributed by atoms with Crippen LogP contribution in [0, 0.1) is 0 Å². The summed E-state index contributed by atoms with van der Waals surface area (Å²) < 4.78 is 39.4. The maximum Gasteiger partial charge on any atom is 0.416 e. The Kier molecular flexibility index (Phi) is 3.05. The second-order valence-corrected chi connectivity index (χ2v) is 4.99. The van der Waals surface area contributed by atoms with Crippen molar-refractivity contribution in [3.63, 3.8) is 0 Å². The lowest BCUT2D eigenvalue weighted by molar-refractivity contribution is -0.137. The number of benzene rings is 1. The maximum absolute atomic E-state index is 12.6. The molecule has 3 rings (SSSR count). The predicted molar refractivity (Wildman–Crippen MR) is 68.4 cm³/mol. The number of hydrogen-bond acceptors (Lipinski definition) is 2. The molecule has 106 valence electrons. The van der Waals surface area contributed by atoms with Gasteiger partial charge in [0.2, 0.25) is 0 Å². The van der Waals surface area contributed by atoms with Crippen LogP contribution in [0.25, 0.3) is 5.69 Å². The normalized spacial score (nSPS) is 15.6. The van der Waals surface area contributed by atoms with E-state index in [9.17, 15) is 13.2 Å². The number of alkyl halides is 3. The van der Waals surface area contributed by atoms with E-state index in [0.29, 0.717) is 18.2 Å². The summed E-state index contributed by atoms with van der Waals surface area (Å²) in [5, 5.41) is 4.27. The zero-order chi connectivity index (χ0) is 14.3. The van der Waals surface area contributed by atoms with E-state index in [1.54, 1.807) is 10.9 Å². The molecule has 1 aliphatic rings. The zero-order valence-corrected chi connectivity index (χ0v) is 10.7. The summed E-state index contributed by atoms with van der Waals surface area (Å²) in [7, 11) is 0. The molecule has 1 saturated carbocycles. The van der Waals surface area contributed by atoms with Crippen LogP contribution in [0.15, 0.2) is 30.5 Å². The average Bonchev–Trinajstić information content (AvgIpc) is 3.17. The summed E-state index contributed by atoms with van der Waals surface area (Å²) in [4.78, 5) is 0. The van der Waals surface area contributed by atoms with Crippen molar-refractivity contribution in [2.24, 2.45) is 5.73 Å². The summed E-state index contributed by atoms with van der Waals surface area (Å²) in [6, 6.07) is 5.05. The highest BCUT2D eigenvalue weighted by Gasteiger charge is 2.32. The minimum atomic E-state index is -4.32. The number of nitrogens with zero attached hydrogens (tertiary/aromatic N) is 2. The molecule has 1 fully saturated rings. The molecular weight excluding hydrogens is 267 g/mol. The molecule has 0 amide bonds. The zero-order valence-electron chi connectivity index (χ0n) is 10.7. The molecule has 20 heavy (non-hydrogen) atoms.